The second-order valence-corrected chi connectivity index (χ2v) is 2.82. The van der Waals surface area contributed by atoms with Crippen LogP contribution in [0.2, 0.25) is 0 Å². The van der Waals surface area contributed by atoms with Gasteiger partial charge in [-0.15, -0.1) is 0 Å². The van der Waals surface area contributed by atoms with Crippen LogP contribution in [-0.2, 0) is 0 Å². The summed E-state index contributed by atoms with van der Waals surface area (Å²) in [5.74, 6) is 0. The lowest BCUT2D eigenvalue weighted by Crippen LogP contribution is -1.80. The van der Waals surface area contributed by atoms with Gasteiger partial charge in [-0.2, -0.15) is 5.10 Å². The summed E-state index contributed by atoms with van der Waals surface area (Å²) < 4.78 is 0. The van der Waals surface area contributed by atoms with Crippen molar-refractivity contribution in [1.29, 1.82) is 0 Å². The van der Waals surface area contributed by atoms with Crippen molar-refractivity contribution in [2.45, 2.75) is 6.92 Å². The van der Waals surface area contributed by atoms with E-state index in [0.29, 0.717) is 0 Å². The largest absolute Gasteiger partial charge is 0.278 e. The van der Waals surface area contributed by atoms with Gasteiger partial charge in [-0.1, -0.05) is 18.7 Å². The summed E-state index contributed by atoms with van der Waals surface area (Å²) in [5, 5.41) is 8.08. The van der Waals surface area contributed by atoms with Crippen molar-refractivity contribution >= 4 is 17.0 Å². The molecule has 2 nitrogen and oxygen atoms in total. The van der Waals surface area contributed by atoms with Gasteiger partial charge < -0.3 is 0 Å². The number of fused-ring (bicyclic) bond motifs is 1. The van der Waals surface area contributed by atoms with Crippen LogP contribution >= 0.6 is 0 Å². The molecule has 0 saturated carbocycles. The highest BCUT2D eigenvalue weighted by atomic mass is 15.1. The van der Waals surface area contributed by atoms with E-state index in [0.717, 1.165) is 5.52 Å². The van der Waals surface area contributed by atoms with Crippen LogP contribution in [-0.4, -0.2) is 10.2 Å². The zero-order valence-electron chi connectivity index (χ0n) is 6.96. The molecule has 1 N–H and O–H groups in total. The third-order valence-corrected chi connectivity index (χ3v) is 2.16. The van der Waals surface area contributed by atoms with Gasteiger partial charge in [0.05, 0.1) is 11.7 Å². The third kappa shape index (κ3) is 0.848. The summed E-state index contributed by atoms with van der Waals surface area (Å²) >= 11 is 0. The highest BCUT2D eigenvalue weighted by molar-refractivity contribution is 5.84. The first-order valence-electron chi connectivity index (χ1n) is 3.88. The van der Waals surface area contributed by atoms with E-state index < -0.39 is 0 Å². The number of nitrogens with zero attached hydrogens (tertiary/aromatic N) is 1. The third-order valence-electron chi connectivity index (χ3n) is 2.16. The number of rotatable bonds is 1. The van der Waals surface area contributed by atoms with Crippen LogP contribution in [0.25, 0.3) is 17.0 Å². The van der Waals surface area contributed by atoms with E-state index in [1.807, 2.05) is 24.4 Å². The average molecular weight is 158 g/mol. The van der Waals surface area contributed by atoms with Crippen molar-refractivity contribution < 1.29 is 0 Å². The molecule has 60 valence electrons. The lowest BCUT2D eigenvalue weighted by atomic mass is 10.1. The number of aromatic amines is 1. The van der Waals surface area contributed by atoms with E-state index >= 15 is 0 Å². The molecular formula is C10H10N2. The van der Waals surface area contributed by atoms with Gasteiger partial charge in [0.15, 0.2) is 0 Å². The molecule has 0 aliphatic carbocycles. The summed E-state index contributed by atoms with van der Waals surface area (Å²) in [6.07, 6.45) is 3.71. The standard InChI is InChI=1S/C10H10N2/c1-3-8-4-5-10-9(7(8)2)6-11-12-10/h3-6H,1H2,2H3,(H,11,12). The van der Waals surface area contributed by atoms with Crippen molar-refractivity contribution in [3.63, 3.8) is 0 Å². The Balaban J connectivity index is 2.86. The first-order chi connectivity index (χ1) is 5.83. The topological polar surface area (TPSA) is 28.7 Å². The number of aromatic nitrogens is 2. The van der Waals surface area contributed by atoms with Crippen LogP contribution in [0, 0.1) is 6.92 Å². The molecule has 12 heavy (non-hydrogen) atoms. The van der Waals surface area contributed by atoms with E-state index in [9.17, 15) is 0 Å². The van der Waals surface area contributed by atoms with Gasteiger partial charge >= 0.3 is 0 Å². The van der Waals surface area contributed by atoms with Crippen LogP contribution in [0.1, 0.15) is 11.1 Å². The molecule has 2 rings (SSSR count). The normalized spacial score (nSPS) is 10.4. The Kier molecular flexibility index (Phi) is 1.47. The number of aryl methyl sites for hydroxylation is 1. The number of nitrogens with one attached hydrogen (secondary N) is 1. The van der Waals surface area contributed by atoms with Crippen molar-refractivity contribution in [3.8, 4) is 0 Å². The molecule has 0 fully saturated rings. The van der Waals surface area contributed by atoms with Crippen molar-refractivity contribution in [1.82, 2.24) is 10.2 Å². The van der Waals surface area contributed by atoms with Crippen LogP contribution < -0.4 is 0 Å². The Morgan fingerprint density at radius 3 is 3.08 bits per heavy atom. The molecule has 0 atom stereocenters. The maximum Gasteiger partial charge on any atom is 0.0653 e. The minimum absolute atomic E-state index is 1.08. The lowest BCUT2D eigenvalue weighted by Gasteiger charge is -1.99. The van der Waals surface area contributed by atoms with Crippen molar-refractivity contribution in [2.75, 3.05) is 0 Å². The number of hydrogen-bond donors (Lipinski definition) is 1. The summed E-state index contributed by atoms with van der Waals surface area (Å²) in [6, 6.07) is 4.06. The molecule has 0 aliphatic rings. The number of H-pyrrole nitrogens is 1. The Morgan fingerprint density at radius 2 is 2.33 bits per heavy atom. The molecule has 2 aromatic rings. The Morgan fingerprint density at radius 1 is 1.50 bits per heavy atom. The van der Waals surface area contributed by atoms with Crippen LogP contribution in [0.4, 0.5) is 0 Å². The quantitative estimate of drug-likeness (QED) is 0.678. The SMILES string of the molecule is C=Cc1ccc2[nH]ncc2c1C. The zero-order valence-corrected chi connectivity index (χ0v) is 6.96. The van der Waals surface area contributed by atoms with E-state index in [-0.39, 0.29) is 0 Å². The van der Waals surface area contributed by atoms with Crippen molar-refractivity contribution in [2.24, 2.45) is 0 Å². The predicted molar refractivity (Wildman–Crippen MR) is 50.9 cm³/mol. The summed E-state index contributed by atoms with van der Waals surface area (Å²) in [5.41, 5.74) is 3.48. The lowest BCUT2D eigenvalue weighted by molar-refractivity contribution is 1.12. The van der Waals surface area contributed by atoms with Gasteiger partial charge in [0.2, 0.25) is 0 Å². The monoisotopic (exact) mass is 158 g/mol. The summed E-state index contributed by atoms with van der Waals surface area (Å²) in [7, 11) is 0. The zero-order chi connectivity index (χ0) is 8.55. The molecule has 0 spiro atoms. The summed E-state index contributed by atoms with van der Waals surface area (Å²) in [4.78, 5) is 0. The van der Waals surface area contributed by atoms with E-state index in [1.165, 1.54) is 16.5 Å². The summed E-state index contributed by atoms with van der Waals surface area (Å²) in [6.45, 7) is 5.83. The van der Waals surface area contributed by atoms with Gasteiger partial charge in [-0.25, -0.2) is 0 Å². The molecule has 0 bridgehead atoms. The average Bonchev–Trinajstić information content (AvgIpc) is 2.53. The second kappa shape index (κ2) is 2.48. The first kappa shape index (κ1) is 7.10. The minimum atomic E-state index is 1.08. The highest BCUT2D eigenvalue weighted by Gasteiger charge is 2.01. The Bertz CT molecular complexity index is 426. The van der Waals surface area contributed by atoms with Crippen LogP contribution in [0.15, 0.2) is 24.9 Å². The van der Waals surface area contributed by atoms with E-state index in [2.05, 4.69) is 23.7 Å². The molecule has 0 unspecified atom stereocenters. The molecular weight excluding hydrogens is 148 g/mol. The molecule has 1 aromatic heterocycles. The van der Waals surface area contributed by atoms with Gasteiger partial charge in [0, 0.05) is 5.39 Å². The van der Waals surface area contributed by atoms with E-state index in [4.69, 9.17) is 0 Å². The van der Waals surface area contributed by atoms with Gasteiger partial charge in [-0.3, -0.25) is 5.10 Å². The Hall–Kier alpha value is -1.57. The molecule has 1 heterocycles. The molecule has 2 heteroatoms. The highest BCUT2D eigenvalue weighted by Crippen LogP contribution is 2.19. The predicted octanol–water partition coefficient (Wildman–Crippen LogP) is 2.51. The molecule has 1 aromatic carbocycles. The maximum atomic E-state index is 3.98. The fourth-order valence-electron chi connectivity index (χ4n) is 1.40. The van der Waals surface area contributed by atoms with Crippen LogP contribution in [0.5, 0.6) is 0 Å². The minimum Gasteiger partial charge on any atom is -0.278 e. The van der Waals surface area contributed by atoms with Gasteiger partial charge in [0.25, 0.3) is 0 Å². The van der Waals surface area contributed by atoms with E-state index in [1.54, 1.807) is 0 Å². The molecule has 0 radical (unpaired) electrons. The second-order valence-electron chi connectivity index (χ2n) is 2.82. The first-order valence-corrected chi connectivity index (χ1v) is 3.88. The van der Waals surface area contributed by atoms with Gasteiger partial charge in [0.1, 0.15) is 0 Å². The fraction of sp³-hybridized carbons (Fsp3) is 0.100. The Labute approximate surface area is 70.9 Å². The smallest absolute Gasteiger partial charge is 0.0653 e. The molecule has 0 amide bonds. The van der Waals surface area contributed by atoms with Gasteiger partial charge in [-0.05, 0) is 24.1 Å². The molecule has 0 saturated heterocycles. The number of hydrogen-bond acceptors (Lipinski definition) is 1. The molecule has 0 aliphatic heterocycles. The fourth-order valence-corrected chi connectivity index (χ4v) is 1.40. The van der Waals surface area contributed by atoms with Crippen molar-refractivity contribution in [3.05, 3.63) is 36.0 Å². The van der Waals surface area contributed by atoms with Crippen LogP contribution in [0.3, 0.4) is 0 Å². The maximum absolute atomic E-state index is 3.98. The number of benzene rings is 1.